The topological polar surface area (TPSA) is 109 Å². The van der Waals surface area contributed by atoms with Gasteiger partial charge in [-0.2, -0.15) is 4.31 Å². The molecule has 9 heteroatoms. The van der Waals surface area contributed by atoms with Crippen molar-refractivity contribution in [2.75, 3.05) is 7.11 Å². The zero-order chi connectivity index (χ0) is 20.0. The molecule has 1 heterocycles. The Labute approximate surface area is 158 Å². The van der Waals surface area contributed by atoms with Crippen LogP contribution in [0.4, 0.5) is 0 Å². The largest absolute Gasteiger partial charge is 0.497 e. The Balaban J connectivity index is 2.53. The van der Waals surface area contributed by atoms with Crippen molar-refractivity contribution in [2.24, 2.45) is 5.92 Å². The maximum atomic E-state index is 13.3. The van der Waals surface area contributed by atoms with E-state index in [1.807, 2.05) is 0 Å². The third-order valence-electron chi connectivity index (χ3n) is 4.03. The summed E-state index contributed by atoms with van der Waals surface area (Å²) in [5.41, 5.74) is 2.05. The van der Waals surface area contributed by atoms with E-state index in [9.17, 15) is 13.2 Å². The van der Waals surface area contributed by atoms with Gasteiger partial charge in [0.2, 0.25) is 10.0 Å². The molecule has 1 amide bonds. The standard InChI is InChI=1S/C18H23N3O5S/c1-13(2)17(18(22)20-23)21(12-14-6-4-5-11-19-14)27(24,25)16-9-7-15(26-3)8-10-16/h4-11,13,17,23H,12H2,1-3H3,(H,20,22)/t17-/m0/s1. The summed E-state index contributed by atoms with van der Waals surface area (Å²) in [6, 6.07) is 9.88. The lowest BCUT2D eigenvalue weighted by molar-refractivity contribution is -0.134. The number of sulfonamides is 1. The van der Waals surface area contributed by atoms with Crippen LogP contribution in [-0.2, 0) is 21.4 Å². The predicted molar refractivity (Wildman–Crippen MR) is 98.5 cm³/mol. The van der Waals surface area contributed by atoms with Gasteiger partial charge in [0.05, 0.1) is 24.2 Å². The molecule has 146 valence electrons. The van der Waals surface area contributed by atoms with E-state index in [4.69, 9.17) is 9.94 Å². The van der Waals surface area contributed by atoms with Gasteiger partial charge in [0.25, 0.3) is 5.91 Å². The number of hydrogen-bond acceptors (Lipinski definition) is 6. The number of amides is 1. The summed E-state index contributed by atoms with van der Waals surface area (Å²) >= 11 is 0. The highest BCUT2D eigenvalue weighted by Gasteiger charge is 2.38. The summed E-state index contributed by atoms with van der Waals surface area (Å²) in [7, 11) is -2.57. The van der Waals surface area contributed by atoms with Crippen LogP contribution in [0, 0.1) is 5.92 Å². The molecule has 0 fully saturated rings. The number of hydroxylamine groups is 1. The van der Waals surface area contributed by atoms with Crippen molar-refractivity contribution < 1.29 is 23.2 Å². The monoisotopic (exact) mass is 393 g/mol. The van der Waals surface area contributed by atoms with Crippen molar-refractivity contribution in [3.8, 4) is 5.75 Å². The molecule has 0 aliphatic rings. The molecule has 1 aromatic carbocycles. The smallest absolute Gasteiger partial charge is 0.262 e. The fraction of sp³-hybridized carbons (Fsp3) is 0.333. The molecule has 0 saturated heterocycles. The second kappa shape index (κ2) is 8.94. The Morgan fingerprint density at radius 1 is 1.22 bits per heavy atom. The summed E-state index contributed by atoms with van der Waals surface area (Å²) in [6.07, 6.45) is 1.55. The highest BCUT2D eigenvalue weighted by molar-refractivity contribution is 7.89. The molecule has 0 aliphatic heterocycles. The number of nitrogens with one attached hydrogen (secondary N) is 1. The van der Waals surface area contributed by atoms with Gasteiger partial charge in [-0.25, -0.2) is 13.9 Å². The predicted octanol–water partition coefficient (Wildman–Crippen LogP) is 1.81. The number of nitrogens with zero attached hydrogens (tertiary/aromatic N) is 2. The zero-order valence-corrected chi connectivity index (χ0v) is 16.2. The van der Waals surface area contributed by atoms with E-state index in [-0.39, 0.29) is 11.4 Å². The van der Waals surface area contributed by atoms with Crippen molar-refractivity contribution >= 4 is 15.9 Å². The molecule has 0 bridgehead atoms. The van der Waals surface area contributed by atoms with Crippen LogP contribution >= 0.6 is 0 Å². The minimum Gasteiger partial charge on any atom is -0.497 e. The molecule has 1 atom stereocenters. The zero-order valence-electron chi connectivity index (χ0n) is 15.4. The number of carbonyl (C=O) groups is 1. The fourth-order valence-corrected chi connectivity index (χ4v) is 4.39. The van der Waals surface area contributed by atoms with Crippen molar-refractivity contribution in [3.63, 3.8) is 0 Å². The minimum atomic E-state index is -4.06. The van der Waals surface area contributed by atoms with Crippen molar-refractivity contribution in [1.29, 1.82) is 0 Å². The molecule has 2 rings (SSSR count). The molecule has 8 nitrogen and oxygen atoms in total. The van der Waals surface area contributed by atoms with Gasteiger partial charge in [0.15, 0.2) is 0 Å². The summed E-state index contributed by atoms with van der Waals surface area (Å²) in [4.78, 5) is 16.4. The number of benzene rings is 1. The van der Waals surface area contributed by atoms with Gasteiger partial charge < -0.3 is 4.74 Å². The van der Waals surface area contributed by atoms with Crippen LogP contribution in [0.2, 0.25) is 0 Å². The first-order valence-corrected chi connectivity index (χ1v) is 9.75. The maximum Gasteiger partial charge on any atom is 0.262 e. The number of pyridine rings is 1. The van der Waals surface area contributed by atoms with Gasteiger partial charge in [0.1, 0.15) is 11.8 Å². The summed E-state index contributed by atoms with van der Waals surface area (Å²) < 4.78 is 32.7. The summed E-state index contributed by atoms with van der Waals surface area (Å²) in [5, 5.41) is 9.12. The van der Waals surface area contributed by atoms with Gasteiger partial charge in [-0.15, -0.1) is 0 Å². The lowest BCUT2D eigenvalue weighted by atomic mass is 10.0. The van der Waals surface area contributed by atoms with E-state index in [0.29, 0.717) is 11.4 Å². The fourth-order valence-electron chi connectivity index (χ4n) is 2.70. The molecular formula is C18H23N3O5S. The Bertz CT molecular complexity index is 854. The van der Waals surface area contributed by atoms with Crippen LogP contribution in [0.3, 0.4) is 0 Å². The van der Waals surface area contributed by atoms with Crippen LogP contribution in [0.1, 0.15) is 19.5 Å². The molecule has 1 aromatic heterocycles. The first kappa shape index (κ1) is 20.8. The van der Waals surface area contributed by atoms with Crippen molar-refractivity contribution in [3.05, 3.63) is 54.4 Å². The number of methoxy groups -OCH3 is 1. The van der Waals surface area contributed by atoms with E-state index in [2.05, 4.69) is 4.98 Å². The van der Waals surface area contributed by atoms with E-state index >= 15 is 0 Å². The maximum absolute atomic E-state index is 13.3. The normalized spacial score (nSPS) is 12.8. The second-order valence-corrected chi connectivity index (χ2v) is 8.10. The van der Waals surface area contributed by atoms with Gasteiger partial charge in [0, 0.05) is 6.20 Å². The number of rotatable bonds is 8. The SMILES string of the molecule is COc1ccc(S(=O)(=O)N(Cc2ccccn2)[C@H](C(=O)NO)C(C)C)cc1. The van der Waals surface area contributed by atoms with E-state index in [1.165, 1.54) is 31.4 Å². The molecule has 0 saturated carbocycles. The van der Waals surface area contributed by atoms with Crippen molar-refractivity contribution in [1.82, 2.24) is 14.8 Å². The van der Waals surface area contributed by atoms with Crippen LogP contribution in [0.25, 0.3) is 0 Å². The van der Waals surface area contributed by atoms with Gasteiger partial charge in [-0.3, -0.25) is 15.0 Å². The Hall–Kier alpha value is -2.49. The van der Waals surface area contributed by atoms with Crippen LogP contribution in [-0.4, -0.2) is 42.0 Å². The lowest BCUT2D eigenvalue weighted by Gasteiger charge is -2.31. The second-order valence-electron chi connectivity index (χ2n) is 6.21. The van der Waals surface area contributed by atoms with E-state index in [0.717, 1.165) is 4.31 Å². The van der Waals surface area contributed by atoms with Gasteiger partial charge in [-0.1, -0.05) is 19.9 Å². The van der Waals surface area contributed by atoms with Crippen LogP contribution < -0.4 is 10.2 Å². The molecule has 2 N–H and O–H groups in total. The quantitative estimate of drug-likeness (QED) is 0.523. The number of hydrogen-bond donors (Lipinski definition) is 2. The summed E-state index contributed by atoms with van der Waals surface area (Å²) in [6.45, 7) is 3.29. The first-order valence-electron chi connectivity index (χ1n) is 8.31. The molecule has 0 aliphatic carbocycles. The average molecular weight is 393 g/mol. The van der Waals surface area contributed by atoms with Gasteiger partial charge >= 0.3 is 0 Å². The number of carbonyl (C=O) groups excluding carboxylic acids is 1. The summed E-state index contributed by atoms with van der Waals surface area (Å²) in [5.74, 6) is -0.689. The highest BCUT2D eigenvalue weighted by atomic mass is 32.2. The Kier molecular flexibility index (Phi) is 6.89. The third kappa shape index (κ3) is 4.82. The molecule has 27 heavy (non-hydrogen) atoms. The first-order chi connectivity index (χ1) is 12.8. The Morgan fingerprint density at radius 2 is 1.89 bits per heavy atom. The van der Waals surface area contributed by atoms with E-state index < -0.39 is 27.9 Å². The molecule has 0 unspecified atom stereocenters. The van der Waals surface area contributed by atoms with Crippen LogP contribution in [0.15, 0.2) is 53.6 Å². The van der Waals surface area contributed by atoms with Gasteiger partial charge in [-0.05, 0) is 42.3 Å². The van der Waals surface area contributed by atoms with Crippen LogP contribution in [0.5, 0.6) is 5.75 Å². The molecule has 0 radical (unpaired) electrons. The number of ether oxygens (including phenoxy) is 1. The highest BCUT2D eigenvalue weighted by Crippen LogP contribution is 2.25. The Morgan fingerprint density at radius 3 is 2.37 bits per heavy atom. The average Bonchev–Trinajstić information content (AvgIpc) is 2.67. The molecule has 0 spiro atoms. The van der Waals surface area contributed by atoms with Crippen molar-refractivity contribution in [2.45, 2.75) is 31.3 Å². The molecular weight excluding hydrogens is 370 g/mol. The number of aromatic nitrogens is 1. The third-order valence-corrected chi connectivity index (χ3v) is 5.87. The lowest BCUT2D eigenvalue weighted by Crippen LogP contribution is -2.51. The van der Waals surface area contributed by atoms with E-state index in [1.54, 1.807) is 43.7 Å². The molecule has 2 aromatic rings. The minimum absolute atomic E-state index is 0.00983.